The van der Waals surface area contributed by atoms with Gasteiger partial charge in [-0.2, -0.15) is 8.42 Å². The fourth-order valence-electron chi connectivity index (χ4n) is 2.14. The summed E-state index contributed by atoms with van der Waals surface area (Å²) in [6.07, 6.45) is 1.86. The van der Waals surface area contributed by atoms with Crippen LogP contribution < -0.4 is 5.32 Å². The van der Waals surface area contributed by atoms with Gasteiger partial charge in [-0.15, -0.1) is 4.40 Å². The number of pyridine rings is 1. The van der Waals surface area contributed by atoms with Gasteiger partial charge in [0.25, 0.3) is 10.0 Å². The first-order valence-corrected chi connectivity index (χ1v) is 9.76. The number of ether oxygens (including phenoxy) is 1. The van der Waals surface area contributed by atoms with Crippen LogP contribution in [-0.2, 0) is 14.8 Å². The highest BCUT2D eigenvalue weighted by molar-refractivity contribution is 7.90. The zero-order chi connectivity index (χ0) is 20.4. The molecule has 0 bridgehead atoms. The first-order chi connectivity index (χ1) is 12.4. The van der Waals surface area contributed by atoms with Crippen molar-refractivity contribution >= 4 is 50.5 Å². The van der Waals surface area contributed by atoms with E-state index < -0.39 is 21.7 Å². The summed E-state index contributed by atoms with van der Waals surface area (Å²) in [7, 11) is -0.741. The molecule has 0 atom stereocenters. The van der Waals surface area contributed by atoms with Crippen LogP contribution in [0.1, 0.15) is 20.8 Å². The smallest absolute Gasteiger partial charge is 0.412 e. The lowest BCUT2D eigenvalue weighted by Crippen LogP contribution is -2.27. The zero-order valence-electron chi connectivity index (χ0n) is 15.6. The molecule has 2 rings (SSSR count). The van der Waals surface area contributed by atoms with Crippen LogP contribution in [0.2, 0.25) is 5.15 Å². The van der Waals surface area contributed by atoms with E-state index in [-0.39, 0.29) is 15.7 Å². The third-order valence-corrected chi connectivity index (χ3v) is 4.70. The van der Waals surface area contributed by atoms with Crippen molar-refractivity contribution in [2.24, 2.45) is 4.40 Å². The molecular weight excluding hydrogens is 392 g/mol. The second kappa shape index (κ2) is 7.69. The number of nitrogens with zero attached hydrogens (tertiary/aromatic N) is 3. The molecule has 146 valence electrons. The molecule has 2 aromatic rings. The molecule has 1 N–H and O–H groups in total. The number of halogens is 1. The van der Waals surface area contributed by atoms with Crippen molar-refractivity contribution < 1.29 is 17.9 Å². The molecule has 0 radical (unpaired) electrons. The summed E-state index contributed by atoms with van der Waals surface area (Å²) >= 11 is 6.13. The summed E-state index contributed by atoms with van der Waals surface area (Å²) in [5, 5.41) is 3.34. The molecule has 1 aromatic heterocycles. The number of rotatable bonds is 4. The quantitative estimate of drug-likeness (QED) is 0.468. The van der Waals surface area contributed by atoms with Crippen LogP contribution in [-0.4, -0.2) is 50.4 Å². The van der Waals surface area contributed by atoms with E-state index in [1.807, 2.05) is 0 Å². The molecule has 1 aromatic carbocycles. The highest BCUT2D eigenvalue weighted by Crippen LogP contribution is 2.32. The van der Waals surface area contributed by atoms with Crippen LogP contribution >= 0.6 is 11.6 Å². The van der Waals surface area contributed by atoms with E-state index >= 15 is 0 Å². The third kappa shape index (κ3) is 5.54. The maximum atomic E-state index is 12.7. The molecule has 0 fully saturated rings. The average Bonchev–Trinajstić information content (AvgIpc) is 2.51. The van der Waals surface area contributed by atoms with Crippen molar-refractivity contribution in [3.63, 3.8) is 0 Å². The standard InChI is InChI=1S/C17H21ClN4O4S/c1-17(2,3)26-16(23)21-11-8-13-12(6-7-19-15(13)18)14(9-11)27(24,25)20-10-22(4)5/h6-10H,1-5H3,(H,21,23)/b20-10+. The molecule has 0 aliphatic rings. The van der Waals surface area contributed by atoms with Crippen LogP contribution in [0.5, 0.6) is 0 Å². The van der Waals surface area contributed by atoms with Crippen molar-refractivity contribution in [3.05, 3.63) is 29.5 Å². The van der Waals surface area contributed by atoms with Crippen LogP contribution in [0.3, 0.4) is 0 Å². The van der Waals surface area contributed by atoms with Gasteiger partial charge in [0.05, 0.1) is 4.90 Å². The molecule has 27 heavy (non-hydrogen) atoms. The Hall–Kier alpha value is -2.39. The van der Waals surface area contributed by atoms with E-state index in [9.17, 15) is 13.2 Å². The van der Waals surface area contributed by atoms with E-state index in [2.05, 4.69) is 14.7 Å². The highest BCUT2D eigenvalue weighted by Gasteiger charge is 2.21. The molecular formula is C17H21ClN4O4S. The minimum Gasteiger partial charge on any atom is -0.444 e. The Labute approximate surface area is 163 Å². The van der Waals surface area contributed by atoms with E-state index in [1.54, 1.807) is 34.9 Å². The van der Waals surface area contributed by atoms with Gasteiger partial charge >= 0.3 is 6.09 Å². The maximum Gasteiger partial charge on any atom is 0.412 e. The van der Waals surface area contributed by atoms with Crippen molar-refractivity contribution in [2.45, 2.75) is 31.3 Å². The number of fused-ring (bicyclic) bond motifs is 1. The molecule has 0 unspecified atom stereocenters. The molecule has 1 amide bonds. The molecule has 0 saturated heterocycles. The monoisotopic (exact) mass is 412 g/mol. The lowest BCUT2D eigenvalue weighted by molar-refractivity contribution is 0.0636. The van der Waals surface area contributed by atoms with Gasteiger partial charge in [-0.3, -0.25) is 5.32 Å². The Morgan fingerprint density at radius 1 is 1.30 bits per heavy atom. The molecule has 0 saturated carbocycles. The van der Waals surface area contributed by atoms with E-state index in [0.29, 0.717) is 10.8 Å². The van der Waals surface area contributed by atoms with Crippen molar-refractivity contribution in [2.75, 3.05) is 19.4 Å². The van der Waals surface area contributed by atoms with Crippen LogP contribution in [0.15, 0.2) is 33.7 Å². The molecule has 0 aliphatic heterocycles. The minimum atomic E-state index is -4.04. The molecule has 1 heterocycles. The lowest BCUT2D eigenvalue weighted by Gasteiger charge is -2.20. The van der Waals surface area contributed by atoms with Crippen molar-refractivity contribution in [3.8, 4) is 0 Å². The maximum absolute atomic E-state index is 12.7. The number of hydrogen-bond acceptors (Lipinski definition) is 5. The predicted octanol–water partition coefficient (Wildman–Crippen LogP) is 3.51. The van der Waals surface area contributed by atoms with Gasteiger partial charge < -0.3 is 9.64 Å². The van der Waals surface area contributed by atoms with Gasteiger partial charge in [0.2, 0.25) is 0 Å². The van der Waals surface area contributed by atoms with Crippen molar-refractivity contribution in [1.82, 2.24) is 9.88 Å². The highest BCUT2D eigenvalue weighted by atomic mass is 35.5. The number of sulfonamides is 1. The lowest BCUT2D eigenvalue weighted by atomic mass is 10.1. The van der Waals surface area contributed by atoms with Crippen molar-refractivity contribution in [1.29, 1.82) is 0 Å². The van der Waals surface area contributed by atoms with Gasteiger partial charge in [-0.25, -0.2) is 9.78 Å². The number of benzene rings is 1. The number of hydrogen-bond donors (Lipinski definition) is 1. The summed E-state index contributed by atoms with van der Waals surface area (Å²) in [4.78, 5) is 17.4. The fourth-order valence-corrected chi connectivity index (χ4v) is 3.51. The Morgan fingerprint density at radius 2 is 1.96 bits per heavy atom. The predicted molar refractivity (Wildman–Crippen MR) is 106 cm³/mol. The van der Waals surface area contributed by atoms with Gasteiger partial charge in [0, 0.05) is 36.8 Å². The Balaban J connectivity index is 2.59. The van der Waals surface area contributed by atoms with Gasteiger partial charge in [0.1, 0.15) is 17.1 Å². The van der Waals surface area contributed by atoms with Gasteiger partial charge in [0.15, 0.2) is 0 Å². The second-order valence-corrected chi connectivity index (χ2v) is 8.92. The summed E-state index contributed by atoms with van der Waals surface area (Å²) in [5.41, 5.74) is -0.504. The first-order valence-electron chi connectivity index (χ1n) is 7.94. The summed E-state index contributed by atoms with van der Waals surface area (Å²) in [6, 6.07) is 4.37. The number of anilines is 1. The minimum absolute atomic E-state index is 0.103. The Kier molecular flexibility index (Phi) is 5.96. The topological polar surface area (TPSA) is 101 Å². The number of amides is 1. The molecule has 10 heteroatoms. The largest absolute Gasteiger partial charge is 0.444 e. The van der Waals surface area contributed by atoms with Gasteiger partial charge in [-0.1, -0.05) is 11.6 Å². The molecule has 0 aliphatic carbocycles. The normalized spacial score (nSPS) is 12.4. The average molecular weight is 413 g/mol. The number of carbonyl (C=O) groups is 1. The van der Waals surface area contributed by atoms with Crippen LogP contribution in [0, 0.1) is 0 Å². The zero-order valence-corrected chi connectivity index (χ0v) is 17.2. The van der Waals surface area contributed by atoms with E-state index in [0.717, 1.165) is 0 Å². The first kappa shape index (κ1) is 20.9. The SMILES string of the molecule is CN(C)/C=N/S(=O)(=O)c1cc(NC(=O)OC(C)(C)C)cc2c(Cl)nccc12. The number of carbonyl (C=O) groups excluding carboxylic acids is 1. The van der Waals surface area contributed by atoms with E-state index in [1.165, 1.54) is 35.6 Å². The van der Waals surface area contributed by atoms with Gasteiger partial charge in [-0.05, 0) is 39.0 Å². The third-order valence-electron chi connectivity index (χ3n) is 3.13. The van der Waals surface area contributed by atoms with Crippen LogP contribution in [0.25, 0.3) is 10.8 Å². The summed E-state index contributed by atoms with van der Waals surface area (Å²) < 4.78 is 34.2. The molecule has 8 nitrogen and oxygen atoms in total. The summed E-state index contributed by atoms with van der Waals surface area (Å²) in [5.74, 6) is 0. The second-order valence-electron chi connectivity index (χ2n) is 6.96. The van der Waals surface area contributed by atoms with E-state index in [4.69, 9.17) is 16.3 Å². The summed E-state index contributed by atoms with van der Waals surface area (Å²) in [6.45, 7) is 5.17. The Bertz CT molecular complexity index is 998. The fraction of sp³-hybridized carbons (Fsp3) is 0.353. The van der Waals surface area contributed by atoms with Crippen LogP contribution in [0.4, 0.5) is 10.5 Å². The Morgan fingerprint density at radius 3 is 2.56 bits per heavy atom. The number of aromatic nitrogens is 1. The molecule has 0 spiro atoms. The number of nitrogens with one attached hydrogen (secondary N) is 1.